The lowest BCUT2D eigenvalue weighted by Crippen LogP contribution is -2.06. The van der Waals surface area contributed by atoms with Crippen molar-refractivity contribution in [1.82, 2.24) is 9.97 Å². The minimum atomic E-state index is 0.578. The summed E-state index contributed by atoms with van der Waals surface area (Å²) in [5.74, 6) is 1.18. The lowest BCUT2D eigenvalue weighted by atomic mass is 9.99. The van der Waals surface area contributed by atoms with Gasteiger partial charge in [-0.15, -0.1) is 0 Å². The Bertz CT molecular complexity index is 793. The van der Waals surface area contributed by atoms with Crippen LogP contribution >= 0.6 is 0 Å². The lowest BCUT2D eigenvalue weighted by molar-refractivity contribution is 0.818. The molecule has 0 unspecified atom stereocenters. The quantitative estimate of drug-likeness (QED) is 0.726. The van der Waals surface area contributed by atoms with E-state index in [-0.39, 0.29) is 0 Å². The minimum Gasteiger partial charge on any atom is -0.383 e. The maximum Gasteiger partial charge on any atom is 0.224 e. The molecule has 118 valence electrons. The first-order chi connectivity index (χ1) is 11.3. The molecule has 1 heterocycles. The number of hydrogen-bond acceptors (Lipinski definition) is 4. The van der Waals surface area contributed by atoms with E-state index in [2.05, 4.69) is 57.7 Å². The SMILES string of the molecule is CCNc1ncc(CCCc2cccc3ccccc23)c(N)n1. The summed E-state index contributed by atoms with van der Waals surface area (Å²) in [4.78, 5) is 8.60. The largest absolute Gasteiger partial charge is 0.383 e. The Kier molecular flexibility index (Phi) is 4.71. The topological polar surface area (TPSA) is 63.8 Å². The van der Waals surface area contributed by atoms with Crippen LogP contribution in [0.5, 0.6) is 0 Å². The minimum absolute atomic E-state index is 0.578. The molecule has 3 rings (SSSR count). The number of nitrogen functional groups attached to an aromatic ring is 1. The van der Waals surface area contributed by atoms with Crippen molar-refractivity contribution >= 4 is 22.5 Å². The van der Waals surface area contributed by atoms with E-state index >= 15 is 0 Å². The van der Waals surface area contributed by atoms with Crippen molar-refractivity contribution in [2.75, 3.05) is 17.6 Å². The predicted octanol–water partition coefficient (Wildman–Crippen LogP) is 3.82. The van der Waals surface area contributed by atoms with Gasteiger partial charge in [-0.2, -0.15) is 4.98 Å². The maximum atomic E-state index is 6.03. The van der Waals surface area contributed by atoms with Gasteiger partial charge in [-0.1, -0.05) is 42.5 Å². The molecule has 0 radical (unpaired) electrons. The van der Waals surface area contributed by atoms with Crippen LogP contribution in [0.15, 0.2) is 48.7 Å². The summed E-state index contributed by atoms with van der Waals surface area (Å²) in [5, 5.41) is 5.70. The van der Waals surface area contributed by atoms with E-state index in [0.717, 1.165) is 31.4 Å². The third-order valence-electron chi connectivity index (χ3n) is 4.01. The highest BCUT2D eigenvalue weighted by atomic mass is 15.1. The molecule has 0 saturated carbocycles. The molecular weight excluding hydrogens is 284 g/mol. The molecule has 0 saturated heterocycles. The van der Waals surface area contributed by atoms with Gasteiger partial charge in [0.15, 0.2) is 0 Å². The Morgan fingerprint density at radius 2 is 1.78 bits per heavy atom. The van der Waals surface area contributed by atoms with E-state index in [4.69, 9.17) is 5.73 Å². The summed E-state index contributed by atoms with van der Waals surface area (Å²) in [7, 11) is 0. The molecular formula is C19H22N4. The van der Waals surface area contributed by atoms with E-state index in [1.807, 2.05) is 13.1 Å². The van der Waals surface area contributed by atoms with Crippen LogP contribution in [0.1, 0.15) is 24.5 Å². The molecule has 3 aromatic rings. The van der Waals surface area contributed by atoms with Crippen molar-refractivity contribution in [1.29, 1.82) is 0 Å². The highest BCUT2D eigenvalue weighted by molar-refractivity contribution is 5.85. The van der Waals surface area contributed by atoms with Crippen LogP contribution in [-0.4, -0.2) is 16.5 Å². The Morgan fingerprint density at radius 3 is 2.61 bits per heavy atom. The van der Waals surface area contributed by atoms with Gasteiger partial charge >= 0.3 is 0 Å². The molecule has 2 aromatic carbocycles. The Hall–Kier alpha value is -2.62. The summed E-state index contributed by atoms with van der Waals surface area (Å²) in [5.41, 5.74) is 8.43. The predicted molar refractivity (Wildman–Crippen MR) is 96.6 cm³/mol. The molecule has 0 atom stereocenters. The maximum absolute atomic E-state index is 6.03. The standard InChI is InChI=1S/C19H22N4/c1-2-21-19-22-13-16(18(20)23-19)11-6-10-15-9-5-8-14-7-3-4-12-17(14)15/h3-5,7-9,12-13H,2,6,10-11H2,1H3,(H3,20,21,22,23). The number of rotatable bonds is 6. The number of fused-ring (bicyclic) bond motifs is 1. The Labute approximate surface area is 136 Å². The normalized spacial score (nSPS) is 10.8. The van der Waals surface area contributed by atoms with Crippen LogP contribution in [-0.2, 0) is 12.8 Å². The highest BCUT2D eigenvalue weighted by Crippen LogP contribution is 2.21. The molecule has 0 aliphatic rings. The van der Waals surface area contributed by atoms with Crippen molar-refractivity contribution in [2.24, 2.45) is 0 Å². The van der Waals surface area contributed by atoms with Crippen LogP contribution in [0.25, 0.3) is 10.8 Å². The highest BCUT2D eigenvalue weighted by Gasteiger charge is 2.05. The smallest absolute Gasteiger partial charge is 0.224 e. The number of anilines is 2. The lowest BCUT2D eigenvalue weighted by Gasteiger charge is -2.09. The first-order valence-electron chi connectivity index (χ1n) is 8.10. The van der Waals surface area contributed by atoms with Gasteiger partial charge in [-0.25, -0.2) is 4.98 Å². The summed E-state index contributed by atoms with van der Waals surface area (Å²) >= 11 is 0. The van der Waals surface area contributed by atoms with Crippen molar-refractivity contribution in [3.63, 3.8) is 0 Å². The number of nitrogens with two attached hydrogens (primary N) is 1. The molecule has 0 amide bonds. The second kappa shape index (κ2) is 7.09. The van der Waals surface area contributed by atoms with Gasteiger partial charge < -0.3 is 11.1 Å². The van der Waals surface area contributed by atoms with Crippen molar-refractivity contribution in [3.8, 4) is 0 Å². The third kappa shape index (κ3) is 3.59. The Balaban J connectivity index is 1.67. The number of nitrogens with zero attached hydrogens (tertiary/aromatic N) is 2. The zero-order valence-electron chi connectivity index (χ0n) is 13.4. The van der Waals surface area contributed by atoms with Crippen molar-refractivity contribution < 1.29 is 0 Å². The van der Waals surface area contributed by atoms with Gasteiger partial charge in [-0.3, -0.25) is 0 Å². The summed E-state index contributed by atoms with van der Waals surface area (Å²) in [6.07, 6.45) is 4.78. The van der Waals surface area contributed by atoms with Gasteiger partial charge in [0.05, 0.1) is 0 Å². The fourth-order valence-corrected chi connectivity index (χ4v) is 2.84. The Morgan fingerprint density at radius 1 is 1.00 bits per heavy atom. The number of hydrogen-bond donors (Lipinski definition) is 2. The number of aromatic nitrogens is 2. The summed E-state index contributed by atoms with van der Waals surface area (Å²) in [6, 6.07) is 15.0. The van der Waals surface area contributed by atoms with Gasteiger partial charge in [0.2, 0.25) is 5.95 Å². The monoisotopic (exact) mass is 306 g/mol. The number of aryl methyl sites for hydroxylation is 2. The summed E-state index contributed by atoms with van der Waals surface area (Å²) < 4.78 is 0. The molecule has 0 aliphatic heterocycles. The molecule has 0 fully saturated rings. The first kappa shape index (κ1) is 15.3. The molecule has 23 heavy (non-hydrogen) atoms. The molecule has 0 aliphatic carbocycles. The molecule has 4 nitrogen and oxygen atoms in total. The number of nitrogens with one attached hydrogen (secondary N) is 1. The third-order valence-corrected chi connectivity index (χ3v) is 4.01. The van der Waals surface area contributed by atoms with Crippen LogP contribution in [0.4, 0.5) is 11.8 Å². The van der Waals surface area contributed by atoms with Crippen LogP contribution in [0.3, 0.4) is 0 Å². The van der Waals surface area contributed by atoms with E-state index in [9.17, 15) is 0 Å². The van der Waals surface area contributed by atoms with Gasteiger partial charge in [0.1, 0.15) is 5.82 Å². The average Bonchev–Trinajstić information content (AvgIpc) is 2.57. The van der Waals surface area contributed by atoms with E-state index in [1.54, 1.807) is 0 Å². The molecule has 3 N–H and O–H groups in total. The molecule has 0 spiro atoms. The van der Waals surface area contributed by atoms with E-state index < -0.39 is 0 Å². The fraction of sp³-hybridized carbons (Fsp3) is 0.263. The fourth-order valence-electron chi connectivity index (χ4n) is 2.84. The van der Waals surface area contributed by atoms with Crippen LogP contribution in [0, 0.1) is 0 Å². The van der Waals surface area contributed by atoms with Crippen molar-refractivity contribution in [2.45, 2.75) is 26.2 Å². The zero-order chi connectivity index (χ0) is 16.1. The molecule has 0 bridgehead atoms. The molecule has 4 heteroatoms. The number of benzene rings is 2. The zero-order valence-corrected chi connectivity index (χ0v) is 13.4. The van der Waals surface area contributed by atoms with E-state index in [0.29, 0.717) is 11.8 Å². The first-order valence-corrected chi connectivity index (χ1v) is 8.10. The summed E-state index contributed by atoms with van der Waals surface area (Å²) in [6.45, 7) is 2.80. The van der Waals surface area contributed by atoms with Gasteiger partial charge in [0.25, 0.3) is 0 Å². The van der Waals surface area contributed by atoms with E-state index in [1.165, 1.54) is 16.3 Å². The van der Waals surface area contributed by atoms with Crippen LogP contribution < -0.4 is 11.1 Å². The van der Waals surface area contributed by atoms with Crippen molar-refractivity contribution in [3.05, 3.63) is 59.8 Å². The second-order valence-electron chi connectivity index (χ2n) is 5.63. The average molecular weight is 306 g/mol. The van der Waals surface area contributed by atoms with Crippen LogP contribution in [0.2, 0.25) is 0 Å². The molecule has 1 aromatic heterocycles. The van der Waals surface area contributed by atoms with Gasteiger partial charge in [0, 0.05) is 18.3 Å². The second-order valence-corrected chi connectivity index (χ2v) is 5.63. The van der Waals surface area contributed by atoms with Gasteiger partial charge in [-0.05, 0) is 42.5 Å².